The van der Waals surface area contributed by atoms with E-state index in [0.717, 1.165) is 11.1 Å². The molecule has 0 aromatic heterocycles. The number of rotatable bonds is 8. The third-order valence-corrected chi connectivity index (χ3v) is 3.04. The molecule has 0 heterocycles. The Morgan fingerprint density at radius 1 is 1.10 bits per heavy atom. The van der Waals surface area contributed by atoms with Crippen LogP contribution in [-0.2, 0) is 27.2 Å². The van der Waals surface area contributed by atoms with Crippen molar-refractivity contribution in [2.24, 2.45) is 5.92 Å². The van der Waals surface area contributed by atoms with E-state index in [0.29, 0.717) is 26.0 Å². The van der Waals surface area contributed by atoms with Gasteiger partial charge in [0.25, 0.3) is 0 Å². The average Bonchev–Trinajstić information content (AvgIpc) is 2.41. The highest BCUT2D eigenvalue weighted by Gasteiger charge is 2.08. The first-order chi connectivity index (χ1) is 9.52. The second kappa shape index (κ2) is 8.48. The first-order valence-electron chi connectivity index (χ1n) is 6.89. The Bertz CT molecular complexity index is 438. The van der Waals surface area contributed by atoms with Gasteiger partial charge in [0.2, 0.25) is 5.91 Å². The van der Waals surface area contributed by atoms with Crippen molar-refractivity contribution in [2.45, 2.75) is 26.7 Å². The topological polar surface area (TPSA) is 55.4 Å². The molecule has 0 saturated heterocycles. The van der Waals surface area contributed by atoms with E-state index in [2.05, 4.69) is 5.32 Å². The highest BCUT2D eigenvalue weighted by Crippen LogP contribution is 2.09. The van der Waals surface area contributed by atoms with Crippen molar-refractivity contribution in [3.63, 3.8) is 0 Å². The van der Waals surface area contributed by atoms with E-state index in [1.165, 1.54) is 0 Å². The van der Waals surface area contributed by atoms with Gasteiger partial charge in [-0.25, -0.2) is 0 Å². The van der Waals surface area contributed by atoms with Crippen LogP contribution in [0, 0.1) is 5.92 Å². The molecule has 0 aliphatic rings. The molecule has 4 heteroatoms. The molecule has 0 aliphatic carbocycles. The van der Waals surface area contributed by atoms with Crippen LogP contribution in [0.4, 0.5) is 0 Å². The Morgan fingerprint density at radius 2 is 1.65 bits per heavy atom. The number of Topliss-reactive ketones (excluding diaryl/α,β-unsaturated/α-hetero) is 1. The van der Waals surface area contributed by atoms with Crippen LogP contribution in [0.5, 0.6) is 0 Å². The SMILES string of the molecule is COCCNC(=O)Cc1ccc(CC(=O)C(C)C)cc1. The molecular weight excluding hydrogens is 254 g/mol. The third-order valence-electron chi connectivity index (χ3n) is 3.04. The number of carbonyl (C=O) groups is 2. The second-order valence-electron chi connectivity index (χ2n) is 5.13. The van der Waals surface area contributed by atoms with Crippen LogP contribution < -0.4 is 5.32 Å². The van der Waals surface area contributed by atoms with Gasteiger partial charge in [-0.2, -0.15) is 0 Å². The van der Waals surface area contributed by atoms with Gasteiger partial charge in [-0.15, -0.1) is 0 Å². The maximum Gasteiger partial charge on any atom is 0.224 e. The van der Waals surface area contributed by atoms with E-state index in [1.54, 1.807) is 7.11 Å². The zero-order valence-electron chi connectivity index (χ0n) is 12.4. The molecule has 0 radical (unpaired) electrons. The highest BCUT2D eigenvalue weighted by molar-refractivity contribution is 5.82. The number of ether oxygens (including phenoxy) is 1. The molecule has 0 atom stereocenters. The largest absolute Gasteiger partial charge is 0.383 e. The predicted octanol–water partition coefficient (Wildman–Crippen LogP) is 1.76. The molecule has 1 N–H and O–H groups in total. The smallest absolute Gasteiger partial charge is 0.224 e. The van der Waals surface area contributed by atoms with Crippen molar-refractivity contribution in [1.29, 1.82) is 0 Å². The molecule has 0 unspecified atom stereocenters. The molecule has 1 rings (SSSR count). The van der Waals surface area contributed by atoms with E-state index >= 15 is 0 Å². The van der Waals surface area contributed by atoms with Gasteiger partial charge in [-0.05, 0) is 11.1 Å². The molecule has 0 aliphatic heterocycles. The molecule has 1 aromatic rings. The lowest BCUT2D eigenvalue weighted by Gasteiger charge is -2.07. The second-order valence-corrected chi connectivity index (χ2v) is 5.13. The Kier molecular flexibility index (Phi) is 6.94. The number of carbonyl (C=O) groups excluding carboxylic acids is 2. The van der Waals surface area contributed by atoms with E-state index < -0.39 is 0 Å². The molecule has 1 amide bonds. The fourth-order valence-electron chi connectivity index (χ4n) is 1.72. The lowest BCUT2D eigenvalue weighted by Crippen LogP contribution is -2.28. The van der Waals surface area contributed by atoms with E-state index in [1.807, 2.05) is 38.1 Å². The minimum Gasteiger partial charge on any atom is -0.383 e. The molecule has 20 heavy (non-hydrogen) atoms. The quantitative estimate of drug-likeness (QED) is 0.737. The monoisotopic (exact) mass is 277 g/mol. The fraction of sp³-hybridized carbons (Fsp3) is 0.500. The summed E-state index contributed by atoms with van der Waals surface area (Å²) in [6.07, 6.45) is 0.806. The lowest BCUT2D eigenvalue weighted by molar-refractivity contribution is -0.121. The summed E-state index contributed by atoms with van der Waals surface area (Å²) in [5, 5.41) is 2.78. The van der Waals surface area contributed by atoms with Crippen LogP contribution in [0.2, 0.25) is 0 Å². The van der Waals surface area contributed by atoms with Gasteiger partial charge >= 0.3 is 0 Å². The summed E-state index contributed by atoms with van der Waals surface area (Å²) >= 11 is 0. The van der Waals surface area contributed by atoms with Crippen LogP contribution in [0.3, 0.4) is 0 Å². The summed E-state index contributed by atoms with van der Waals surface area (Å²) in [6.45, 7) is 4.85. The molecule has 110 valence electrons. The predicted molar refractivity (Wildman–Crippen MR) is 78.6 cm³/mol. The lowest BCUT2D eigenvalue weighted by atomic mass is 10.00. The molecular formula is C16H23NO3. The zero-order chi connectivity index (χ0) is 15.0. The fourth-order valence-corrected chi connectivity index (χ4v) is 1.72. The van der Waals surface area contributed by atoms with Gasteiger partial charge in [0.1, 0.15) is 5.78 Å². The van der Waals surface area contributed by atoms with Crippen LogP contribution in [0.25, 0.3) is 0 Å². The van der Waals surface area contributed by atoms with Gasteiger partial charge < -0.3 is 10.1 Å². The van der Waals surface area contributed by atoms with Crippen molar-refractivity contribution >= 4 is 11.7 Å². The number of nitrogens with one attached hydrogen (secondary N) is 1. The van der Waals surface area contributed by atoms with E-state index in [-0.39, 0.29) is 17.6 Å². The van der Waals surface area contributed by atoms with Crippen molar-refractivity contribution in [3.8, 4) is 0 Å². The van der Waals surface area contributed by atoms with E-state index in [4.69, 9.17) is 4.74 Å². The standard InChI is InChI=1S/C16H23NO3/c1-12(2)15(18)10-13-4-6-14(7-5-13)11-16(19)17-8-9-20-3/h4-7,12H,8-11H2,1-3H3,(H,17,19). The number of methoxy groups -OCH3 is 1. The van der Waals surface area contributed by atoms with Crippen LogP contribution in [0.15, 0.2) is 24.3 Å². The summed E-state index contributed by atoms with van der Waals surface area (Å²) < 4.78 is 4.87. The number of hydrogen-bond acceptors (Lipinski definition) is 3. The normalized spacial score (nSPS) is 10.6. The van der Waals surface area contributed by atoms with Gasteiger partial charge in [0.05, 0.1) is 13.0 Å². The minimum absolute atomic E-state index is 0.0203. The van der Waals surface area contributed by atoms with Gasteiger partial charge in [-0.1, -0.05) is 38.1 Å². The minimum atomic E-state index is -0.0203. The summed E-state index contributed by atoms with van der Waals surface area (Å²) in [6, 6.07) is 7.63. The Labute approximate surface area is 120 Å². The number of amides is 1. The third kappa shape index (κ3) is 5.97. The average molecular weight is 277 g/mol. The summed E-state index contributed by atoms with van der Waals surface area (Å²) in [5.41, 5.74) is 1.94. The number of hydrogen-bond donors (Lipinski definition) is 1. The zero-order valence-corrected chi connectivity index (χ0v) is 12.4. The van der Waals surface area contributed by atoms with Crippen molar-refractivity contribution < 1.29 is 14.3 Å². The first-order valence-corrected chi connectivity index (χ1v) is 6.89. The number of benzene rings is 1. The maximum absolute atomic E-state index is 11.6. The van der Waals surface area contributed by atoms with Gasteiger partial charge in [0, 0.05) is 26.0 Å². The molecule has 0 saturated carbocycles. The number of ketones is 1. The van der Waals surface area contributed by atoms with Gasteiger partial charge in [-0.3, -0.25) is 9.59 Å². The summed E-state index contributed by atoms with van der Waals surface area (Å²) in [4.78, 5) is 23.3. The molecule has 0 bridgehead atoms. The van der Waals surface area contributed by atoms with Crippen molar-refractivity contribution in [3.05, 3.63) is 35.4 Å². The van der Waals surface area contributed by atoms with Crippen LogP contribution >= 0.6 is 0 Å². The molecule has 1 aromatic carbocycles. The first kappa shape index (κ1) is 16.4. The summed E-state index contributed by atoms with van der Waals surface area (Å²) in [7, 11) is 1.60. The van der Waals surface area contributed by atoms with Crippen molar-refractivity contribution in [2.75, 3.05) is 20.3 Å². The van der Waals surface area contributed by atoms with E-state index in [9.17, 15) is 9.59 Å². The summed E-state index contributed by atoms with van der Waals surface area (Å²) in [5.74, 6) is 0.268. The highest BCUT2D eigenvalue weighted by atomic mass is 16.5. The van der Waals surface area contributed by atoms with Crippen LogP contribution in [0.1, 0.15) is 25.0 Å². The molecule has 0 fully saturated rings. The van der Waals surface area contributed by atoms with Crippen molar-refractivity contribution in [1.82, 2.24) is 5.32 Å². The Balaban J connectivity index is 2.46. The Morgan fingerprint density at radius 3 is 2.15 bits per heavy atom. The van der Waals surface area contributed by atoms with Crippen LogP contribution in [-0.4, -0.2) is 32.0 Å². The molecule has 0 spiro atoms. The Hall–Kier alpha value is -1.68. The van der Waals surface area contributed by atoms with Gasteiger partial charge in [0.15, 0.2) is 0 Å². The molecule has 4 nitrogen and oxygen atoms in total. The maximum atomic E-state index is 11.6.